The van der Waals surface area contributed by atoms with Gasteiger partial charge >= 0.3 is 6.18 Å². The number of halogens is 3. The van der Waals surface area contributed by atoms with Crippen LogP contribution in [0.5, 0.6) is 0 Å². The Bertz CT molecular complexity index is 444. The summed E-state index contributed by atoms with van der Waals surface area (Å²) < 4.78 is 42.8. The maximum atomic E-state index is 12.6. The molecular weight excluding hydrogens is 321 g/mol. The van der Waals surface area contributed by atoms with Crippen LogP contribution < -0.4 is 0 Å². The van der Waals surface area contributed by atoms with Gasteiger partial charge in [-0.1, -0.05) is 64.0 Å². The van der Waals surface area contributed by atoms with Gasteiger partial charge in [-0.3, -0.25) is 0 Å². The van der Waals surface area contributed by atoms with Gasteiger partial charge in [-0.15, -0.1) is 0 Å². The van der Waals surface area contributed by atoms with E-state index in [1.54, 1.807) is 0 Å². The topological polar surface area (TPSA) is 49.7 Å². The van der Waals surface area contributed by atoms with Gasteiger partial charge < -0.3 is 14.9 Å². The highest BCUT2D eigenvalue weighted by Crippen LogP contribution is 2.31. The fraction of sp³-hybridized carbons (Fsp3) is 0.667. The third-order valence-electron chi connectivity index (χ3n) is 3.97. The molecule has 2 N–H and O–H groups in total. The van der Waals surface area contributed by atoms with Crippen molar-refractivity contribution < 1.29 is 28.1 Å². The lowest BCUT2D eigenvalue weighted by atomic mass is 10.0. The predicted octanol–water partition coefficient (Wildman–Crippen LogP) is 5.17. The van der Waals surface area contributed by atoms with Crippen molar-refractivity contribution in [3.8, 4) is 0 Å². The van der Waals surface area contributed by atoms with Crippen molar-refractivity contribution in [1.29, 1.82) is 0 Å². The maximum Gasteiger partial charge on any atom is 0.416 e. The van der Waals surface area contributed by atoms with Gasteiger partial charge in [0.1, 0.15) is 0 Å². The lowest BCUT2D eigenvalue weighted by Gasteiger charge is -2.20. The average molecular weight is 348 g/mol. The van der Waals surface area contributed by atoms with E-state index in [1.165, 1.54) is 37.8 Å². The molecule has 1 aromatic rings. The normalized spacial score (nSPS) is 13.5. The molecule has 0 aliphatic rings. The highest BCUT2D eigenvalue weighted by atomic mass is 19.4. The Balaban J connectivity index is 2.52. The maximum absolute atomic E-state index is 12.6. The molecular formula is C18H27F3O3. The Morgan fingerprint density at radius 2 is 1.46 bits per heavy atom. The van der Waals surface area contributed by atoms with Crippen molar-refractivity contribution in [2.75, 3.05) is 0 Å². The monoisotopic (exact) mass is 348 g/mol. The molecule has 1 unspecified atom stereocenters. The second kappa shape index (κ2) is 10.7. The molecule has 0 heterocycles. The zero-order chi connectivity index (χ0) is 18.0. The minimum Gasteiger partial charge on any atom is -0.346 e. The molecule has 0 saturated carbocycles. The summed E-state index contributed by atoms with van der Waals surface area (Å²) in [6, 6.07) is 4.63. The Morgan fingerprint density at radius 1 is 0.917 bits per heavy atom. The molecule has 0 spiro atoms. The smallest absolute Gasteiger partial charge is 0.346 e. The van der Waals surface area contributed by atoms with Crippen LogP contribution in [0.1, 0.15) is 75.5 Å². The Hall–Kier alpha value is -1.11. The largest absolute Gasteiger partial charge is 0.416 e. The van der Waals surface area contributed by atoms with Gasteiger partial charge in [-0.05, 0) is 24.1 Å². The Kier molecular flexibility index (Phi) is 9.33. The molecule has 0 fully saturated rings. The minimum absolute atomic E-state index is 0.516. The summed E-state index contributed by atoms with van der Waals surface area (Å²) in [5.41, 5.74) is -0.215. The standard InChI is InChI=1S/C18H27F3O3/c1-2-3-4-5-6-7-8-9-16(24-17(22)23)14-10-12-15(13-11-14)18(19,20)21/h10-13,16-17,22-23H,2-9H2,1H3. The highest BCUT2D eigenvalue weighted by molar-refractivity contribution is 5.26. The number of alkyl halides is 3. The van der Waals surface area contributed by atoms with E-state index in [4.69, 9.17) is 14.9 Å². The molecule has 1 aromatic carbocycles. The second-order valence-electron chi connectivity index (χ2n) is 5.98. The summed E-state index contributed by atoms with van der Waals surface area (Å²) in [5, 5.41) is 18.0. The molecule has 0 aliphatic heterocycles. The first-order valence-corrected chi connectivity index (χ1v) is 8.53. The predicted molar refractivity (Wildman–Crippen MR) is 86.1 cm³/mol. The van der Waals surface area contributed by atoms with E-state index in [0.29, 0.717) is 12.0 Å². The first-order valence-electron chi connectivity index (χ1n) is 8.53. The van der Waals surface area contributed by atoms with Crippen molar-refractivity contribution in [3.63, 3.8) is 0 Å². The number of aliphatic hydroxyl groups is 2. The third kappa shape index (κ3) is 8.13. The lowest BCUT2D eigenvalue weighted by molar-refractivity contribution is -0.259. The second-order valence-corrected chi connectivity index (χ2v) is 5.98. The van der Waals surface area contributed by atoms with E-state index >= 15 is 0 Å². The van der Waals surface area contributed by atoms with Crippen LogP contribution in [0.25, 0.3) is 0 Å². The molecule has 1 atom stereocenters. The molecule has 0 aliphatic carbocycles. The summed E-state index contributed by atoms with van der Waals surface area (Å²) >= 11 is 0. The average Bonchev–Trinajstić information content (AvgIpc) is 2.52. The van der Waals surface area contributed by atoms with Crippen LogP contribution in [0.15, 0.2) is 24.3 Å². The molecule has 138 valence electrons. The number of hydrogen-bond donors (Lipinski definition) is 2. The van der Waals surface area contributed by atoms with E-state index in [-0.39, 0.29) is 0 Å². The summed E-state index contributed by atoms with van der Waals surface area (Å²) in [5.74, 6) is 0. The van der Waals surface area contributed by atoms with Crippen LogP contribution in [0.4, 0.5) is 13.2 Å². The number of unbranched alkanes of at least 4 members (excludes halogenated alkanes) is 6. The minimum atomic E-state index is -4.39. The Labute approximate surface area is 141 Å². The molecule has 3 nitrogen and oxygen atoms in total. The van der Waals surface area contributed by atoms with Crippen molar-refractivity contribution in [1.82, 2.24) is 0 Å². The van der Waals surface area contributed by atoms with E-state index in [9.17, 15) is 13.2 Å². The first-order chi connectivity index (χ1) is 11.3. The first kappa shape index (κ1) is 20.9. The number of aliphatic hydroxyl groups excluding tert-OH is 1. The fourth-order valence-electron chi connectivity index (χ4n) is 2.63. The SMILES string of the molecule is CCCCCCCCCC(OC(O)O)c1ccc(C(F)(F)F)cc1. The van der Waals surface area contributed by atoms with Crippen LogP contribution in [0.3, 0.4) is 0 Å². The number of ether oxygens (including phenoxy) is 1. The molecule has 24 heavy (non-hydrogen) atoms. The number of benzene rings is 1. The summed E-state index contributed by atoms with van der Waals surface area (Å²) in [7, 11) is 0. The molecule has 0 radical (unpaired) electrons. The summed E-state index contributed by atoms with van der Waals surface area (Å²) in [6.07, 6.45) is 3.25. The fourth-order valence-corrected chi connectivity index (χ4v) is 2.63. The van der Waals surface area contributed by atoms with Gasteiger partial charge in [-0.2, -0.15) is 13.2 Å². The zero-order valence-electron chi connectivity index (χ0n) is 14.1. The van der Waals surface area contributed by atoms with Gasteiger partial charge in [0, 0.05) is 0 Å². The highest BCUT2D eigenvalue weighted by Gasteiger charge is 2.30. The van der Waals surface area contributed by atoms with Gasteiger partial charge in [0.15, 0.2) is 0 Å². The van der Waals surface area contributed by atoms with E-state index in [2.05, 4.69) is 6.92 Å². The number of rotatable bonds is 11. The van der Waals surface area contributed by atoms with Gasteiger partial charge in [0.05, 0.1) is 11.7 Å². The van der Waals surface area contributed by atoms with Crippen LogP contribution >= 0.6 is 0 Å². The molecule has 0 bridgehead atoms. The molecule has 0 amide bonds. The van der Waals surface area contributed by atoms with E-state index in [1.807, 2.05) is 0 Å². The van der Waals surface area contributed by atoms with Gasteiger partial charge in [-0.25, -0.2) is 0 Å². The molecule has 0 aromatic heterocycles. The zero-order valence-corrected chi connectivity index (χ0v) is 14.1. The number of hydrogen-bond acceptors (Lipinski definition) is 3. The van der Waals surface area contributed by atoms with E-state index in [0.717, 1.165) is 31.4 Å². The molecule has 6 heteroatoms. The van der Waals surface area contributed by atoms with Crippen molar-refractivity contribution in [2.45, 2.75) is 77.0 Å². The van der Waals surface area contributed by atoms with Crippen molar-refractivity contribution in [2.24, 2.45) is 0 Å². The van der Waals surface area contributed by atoms with Crippen LogP contribution in [-0.4, -0.2) is 16.7 Å². The van der Waals surface area contributed by atoms with Crippen LogP contribution in [0, 0.1) is 0 Å². The van der Waals surface area contributed by atoms with Gasteiger partial charge in [0.2, 0.25) is 0 Å². The third-order valence-corrected chi connectivity index (χ3v) is 3.97. The van der Waals surface area contributed by atoms with Gasteiger partial charge in [0.25, 0.3) is 6.48 Å². The summed E-state index contributed by atoms with van der Waals surface area (Å²) in [4.78, 5) is 0. The molecule has 1 rings (SSSR count). The lowest BCUT2D eigenvalue weighted by Crippen LogP contribution is -2.16. The van der Waals surface area contributed by atoms with Crippen LogP contribution in [-0.2, 0) is 10.9 Å². The quantitative estimate of drug-likeness (QED) is 0.428. The van der Waals surface area contributed by atoms with Crippen molar-refractivity contribution in [3.05, 3.63) is 35.4 Å². The summed E-state index contributed by atoms with van der Waals surface area (Å²) in [6.45, 7) is 0.216. The van der Waals surface area contributed by atoms with Crippen LogP contribution in [0.2, 0.25) is 0 Å². The van der Waals surface area contributed by atoms with Crippen molar-refractivity contribution >= 4 is 0 Å². The molecule has 0 saturated heterocycles. The Morgan fingerprint density at radius 3 is 1.96 bits per heavy atom. The van der Waals surface area contributed by atoms with E-state index < -0.39 is 24.3 Å².